The van der Waals surface area contributed by atoms with Gasteiger partial charge in [-0.2, -0.15) is 0 Å². The van der Waals surface area contributed by atoms with E-state index in [1.54, 1.807) is 0 Å². The summed E-state index contributed by atoms with van der Waals surface area (Å²) < 4.78 is 5.85. The Kier molecular flexibility index (Phi) is 1.84. The number of hydrogen-bond acceptors (Lipinski definition) is 3. The molecule has 0 saturated heterocycles. The maximum atomic E-state index is 5.90. The van der Waals surface area contributed by atoms with Gasteiger partial charge in [0.05, 0.1) is 12.2 Å². The lowest BCUT2D eigenvalue weighted by atomic mass is 10.1. The van der Waals surface area contributed by atoms with Gasteiger partial charge in [-0.25, -0.2) is 0 Å². The third-order valence-corrected chi connectivity index (χ3v) is 2.42. The van der Waals surface area contributed by atoms with Crippen LogP contribution in [0.5, 0.6) is 5.75 Å². The standard InChI is InChI=1S/C11H16N2O/c1-11(2)7-13(3)10-8(12)5-4-6-9(10)14-11/h4-6H,7,12H2,1-3H3. The maximum absolute atomic E-state index is 5.90. The van der Waals surface area contributed by atoms with Crippen LogP contribution in [0.1, 0.15) is 13.8 Å². The summed E-state index contributed by atoms with van der Waals surface area (Å²) in [6.07, 6.45) is 0. The van der Waals surface area contributed by atoms with E-state index < -0.39 is 0 Å². The summed E-state index contributed by atoms with van der Waals surface area (Å²) in [5, 5.41) is 0. The number of nitrogens with zero attached hydrogens (tertiary/aromatic N) is 1. The van der Waals surface area contributed by atoms with Crippen molar-refractivity contribution in [3.05, 3.63) is 18.2 Å². The molecule has 1 aromatic rings. The summed E-state index contributed by atoms with van der Waals surface area (Å²) in [6, 6.07) is 5.78. The second-order valence-corrected chi connectivity index (χ2v) is 4.41. The van der Waals surface area contributed by atoms with Gasteiger partial charge in [0.1, 0.15) is 17.0 Å². The molecule has 0 bridgehead atoms. The molecule has 2 N–H and O–H groups in total. The fourth-order valence-corrected chi connectivity index (χ4v) is 2.01. The first-order valence-electron chi connectivity index (χ1n) is 4.78. The van der Waals surface area contributed by atoms with Gasteiger partial charge in [0.15, 0.2) is 0 Å². The van der Waals surface area contributed by atoms with E-state index in [1.807, 2.05) is 25.2 Å². The second kappa shape index (κ2) is 2.80. The third-order valence-electron chi connectivity index (χ3n) is 2.42. The Hall–Kier alpha value is -1.38. The van der Waals surface area contributed by atoms with Crippen molar-refractivity contribution in [1.29, 1.82) is 0 Å². The minimum Gasteiger partial charge on any atom is -0.484 e. The van der Waals surface area contributed by atoms with E-state index in [0.29, 0.717) is 0 Å². The molecule has 0 fully saturated rings. The van der Waals surface area contributed by atoms with E-state index in [1.165, 1.54) is 0 Å². The van der Waals surface area contributed by atoms with Gasteiger partial charge >= 0.3 is 0 Å². The molecule has 2 rings (SSSR count). The van der Waals surface area contributed by atoms with E-state index in [2.05, 4.69) is 18.7 Å². The summed E-state index contributed by atoms with van der Waals surface area (Å²) in [7, 11) is 2.04. The molecule has 3 heteroatoms. The van der Waals surface area contributed by atoms with Crippen molar-refractivity contribution < 1.29 is 4.74 Å². The van der Waals surface area contributed by atoms with Crippen molar-refractivity contribution in [2.75, 3.05) is 24.2 Å². The largest absolute Gasteiger partial charge is 0.484 e. The molecule has 14 heavy (non-hydrogen) atoms. The summed E-state index contributed by atoms with van der Waals surface area (Å²) in [5.74, 6) is 0.878. The summed E-state index contributed by atoms with van der Waals surface area (Å²) in [4.78, 5) is 2.15. The van der Waals surface area contributed by atoms with Gasteiger partial charge in [-0.3, -0.25) is 0 Å². The first kappa shape index (κ1) is 9.19. The third kappa shape index (κ3) is 1.39. The number of fused-ring (bicyclic) bond motifs is 1. The molecule has 1 aliphatic rings. The van der Waals surface area contributed by atoms with Gasteiger partial charge in [-0.15, -0.1) is 0 Å². The lowest BCUT2D eigenvalue weighted by molar-refractivity contribution is 0.107. The predicted molar refractivity (Wildman–Crippen MR) is 58.8 cm³/mol. The number of benzene rings is 1. The fraction of sp³-hybridized carbons (Fsp3) is 0.455. The van der Waals surface area contributed by atoms with Crippen LogP contribution in [0.25, 0.3) is 0 Å². The molecular formula is C11H16N2O. The number of para-hydroxylation sites is 1. The lowest BCUT2D eigenvalue weighted by Crippen LogP contribution is -2.45. The zero-order valence-corrected chi connectivity index (χ0v) is 8.87. The molecule has 1 aromatic carbocycles. The summed E-state index contributed by atoms with van der Waals surface area (Å²) >= 11 is 0. The van der Waals surface area contributed by atoms with Crippen LogP contribution in [-0.4, -0.2) is 19.2 Å². The first-order chi connectivity index (χ1) is 6.49. The van der Waals surface area contributed by atoms with Crippen LogP contribution in [0, 0.1) is 0 Å². The van der Waals surface area contributed by atoms with E-state index in [9.17, 15) is 0 Å². The zero-order chi connectivity index (χ0) is 10.3. The van der Waals surface area contributed by atoms with Crippen LogP contribution in [0.15, 0.2) is 18.2 Å². The monoisotopic (exact) mass is 192 g/mol. The smallest absolute Gasteiger partial charge is 0.145 e. The zero-order valence-electron chi connectivity index (χ0n) is 8.87. The highest BCUT2D eigenvalue weighted by molar-refractivity contribution is 5.75. The van der Waals surface area contributed by atoms with Crippen molar-refractivity contribution in [2.45, 2.75) is 19.4 Å². The molecule has 0 atom stereocenters. The average molecular weight is 192 g/mol. The molecule has 0 aromatic heterocycles. The molecule has 0 spiro atoms. The van der Waals surface area contributed by atoms with Gasteiger partial charge in [0.25, 0.3) is 0 Å². The molecule has 3 nitrogen and oxygen atoms in total. The van der Waals surface area contributed by atoms with E-state index in [-0.39, 0.29) is 5.60 Å². The number of ether oxygens (including phenoxy) is 1. The van der Waals surface area contributed by atoms with Crippen molar-refractivity contribution in [3.63, 3.8) is 0 Å². The maximum Gasteiger partial charge on any atom is 0.145 e. The van der Waals surface area contributed by atoms with E-state index in [4.69, 9.17) is 10.5 Å². The fourth-order valence-electron chi connectivity index (χ4n) is 2.01. The summed E-state index contributed by atoms with van der Waals surface area (Å²) in [6.45, 7) is 5.01. The number of nitrogen functional groups attached to an aromatic ring is 1. The topological polar surface area (TPSA) is 38.5 Å². The molecule has 0 unspecified atom stereocenters. The van der Waals surface area contributed by atoms with Crippen molar-refractivity contribution in [1.82, 2.24) is 0 Å². The van der Waals surface area contributed by atoms with Crippen molar-refractivity contribution in [2.24, 2.45) is 0 Å². The van der Waals surface area contributed by atoms with Crippen molar-refractivity contribution in [3.8, 4) is 5.75 Å². The Balaban J connectivity index is 2.50. The van der Waals surface area contributed by atoms with Gasteiger partial charge in [-0.05, 0) is 26.0 Å². The van der Waals surface area contributed by atoms with E-state index in [0.717, 1.165) is 23.7 Å². The normalized spacial score (nSPS) is 18.6. The van der Waals surface area contributed by atoms with Gasteiger partial charge < -0.3 is 15.4 Å². The minimum atomic E-state index is -0.143. The minimum absolute atomic E-state index is 0.143. The Morgan fingerprint density at radius 3 is 2.86 bits per heavy atom. The Morgan fingerprint density at radius 1 is 1.43 bits per heavy atom. The molecule has 0 saturated carbocycles. The quantitative estimate of drug-likeness (QED) is 0.638. The highest BCUT2D eigenvalue weighted by atomic mass is 16.5. The predicted octanol–water partition coefficient (Wildman–Crippen LogP) is 1.88. The van der Waals surface area contributed by atoms with Gasteiger partial charge in [0.2, 0.25) is 0 Å². The van der Waals surface area contributed by atoms with Gasteiger partial charge in [-0.1, -0.05) is 6.07 Å². The van der Waals surface area contributed by atoms with Gasteiger partial charge in [0, 0.05) is 7.05 Å². The van der Waals surface area contributed by atoms with Crippen LogP contribution in [0.3, 0.4) is 0 Å². The van der Waals surface area contributed by atoms with Crippen LogP contribution in [-0.2, 0) is 0 Å². The Labute approximate surface area is 84.5 Å². The molecule has 0 radical (unpaired) electrons. The number of rotatable bonds is 0. The average Bonchev–Trinajstić information content (AvgIpc) is 2.00. The second-order valence-electron chi connectivity index (χ2n) is 4.41. The van der Waals surface area contributed by atoms with Crippen molar-refractivity contribution >= 4 is 11.4 Å². The Bertz CT molecular complexity index is 360. The molecule has 0 amide bonds. The van der Waals surface area contributed by atoms with Crippen LogP contribution in [0.2, 0.25) is 0 Å². The van der Waals surface area contributed by atoms with Crippen LogP contribution in [0.4, 0.5) is 11.4 Å². The number of nitrogens with two attached hydrogens (primary N) is 1. The first-order valence-corrected chi connectivity index (χ1v) is 4.78. The lowest BCUT2D eigenvalue weighted by Gasteiger charge is -2.39. The molecule has 76 valence electrons. The summed E-state index contributed by atoms with van der Waals surface area (Å²) in [5.41, 5.74) is 7.54. The number of anilines is 2. The Morgan fingerprint density at radius 2 is 2.14 bits per heavy atom. The van der Waals surface area contributed by atoms with Crippen LogP contribution < -0.4 is 15.4 Å². The molecule has 0 aliphatic carbocycles. The number of hydrogen-bond donors (Lipinski definition) is 1. The molecular weight excluding hydrogens is 176 g/mol. The SMILES string of the molecule is CN1CC(C)(C)Oc2cccc(N)c21. The molecule has 1 aliphatic heterocycles. The number of likely N-dealkylation sites (N-methyl/N-ethyl adjacent to an activating group) is 1. The van der Waals surface area contributed by atoms with E-state index >= 15 is 0 Å². The molecule has 1 heterocycles. The highest BCUT2D eigenvalue weighted by Gasteiger charge is 2.30. The highest BCUT2D eigenvalue weighted by Crippen LogP contribution is 2.39. The van der Waals surface area contributed by atoms with Crippen LogP contribution >= 0.6 is 0 Å².